The van der Waals surface area contributed by atoms with Crippen molar-refractivity contribution in [1.82, 2.24) is 0 Å². The van der Waals surface area contributed by atoms with Crippen molar-refractivity contribution >= 4 is 11.4 Å². The van der Waals surface area contributed by atoms with Crippen molar-refractivity contribution in [2.75, 3.05) is 11.1 Å². The van der Waals surface area contributed by atoms with E-state index >= 15 is 0 Å². The van der Waals surface area contributed by atoms with E-state index in [4.69, 9.17) is 12.2 Å². The molecule has 0 aliphatic rings. The molecule has 2 heteroatoms. The third-order valence-electron chi connectivity index (χ3n) is 2.57. The summed E-state index contributed by atoms with van der Waals surface area (Å²) in [6.07, 6.45) is 5.35. The molecule has 0 unspecified atom stereocenters. The minimum Gasteiger partial charge on any atom is -0.398 e. The maximum Gasteiger partial charge on any atom is 0.0421 e. The molecule has 0 aliphatic heterocycles. The van der Waals surface area contributed by atoms with E-state index in [0.29, 0.717) is 6.54 Å². The molecule has 0 radical (unpaired) electrons. The van der Waals surface area contributed by atoms with Crippen LogP contribution in [0.15, 0.2) is 48.5 Å². The number of para-hydroxylation sites is 1. The summed E-state index contributed by atoms with van der Waals surface area (Å²) in [4.78, 5) is 0. The third kappa shape index (κ3) is 2.79. The van der Waals surface area contributed by atoms with E-state index in [0.717, 1.165) is 22.5 Å². The minimum atomic E-state index is 0.695. The van der Waals surface area contributed by atoms with E-state index in [-0.39, 0.29) is 0 Å². The molecule has 3 N–H and O–H groups in total. The summed E-state index contributed by atoms with van der Waals surface area (Å²) in [6.45, 7) is 0.695. The van der Waals surface area contributed by atoms with E-state index in [1.807, 2.05) is 48.5 Å². The van der Waals surface area contributed by atoms with Gasteiger partial charge in [0.25, 0.3) is 0 Å². The highest BCUT2D eigenvalue weighted by Crippen LogP contribution is 2.14. The molecular weight excluding hydrogens is 208 g/mol. The Kier molecular flexibility index (Phi) is 3.32. The van der Waals surface area contributed by atoms with Gasteiger partial charge in [-0.05, 0) is 29.8 Å². The molecular formula is C15H14N2. The molecule has 0 spiro atoms. The van der Waals surface area contributed by atoms with Gasteiger partial charge >= 0.3 is 0 Å². The monoisotopic (exact) mass is 222 g/mol. The zero-order valence-corrected chi connectivity index (χ0v) is 9.48. The topological polar surface area (TPSA) is 38.0 Å². The number of rotatable bonds is 3. The van der Waals surface area contributed by atoms with Crippen LogP contribution in [0.25, 0.3) is 0 Å². The van der Waals surface area contributed by atoms with Gasteiger partial charge in [0.15, 0.2) is 0 Å². The molecule has 0 aromatic heterocycles. The number of hydrogen-bond donors (Lipinski definition) is 2. The van der Waals surface area contributed by atoms with Gasteiger partial charge in [0, 0.05) is 23.5 Å². The van der Waals surface area contributed by atoms with Crippen molar-refractivity contribution in [3.8, 4) is 12.3 Å². The van der Waals surface area contributed by atoms with E-state index in [1.54, 1.807) is 0 Å². The fourth-order valence-corrected chi connectivity index (χ4v) is 1.61. The molecule has 2 nitrogen and oxygen atoms in total. The Labute approximate surface area is 101 Å². The van der Waals surface area contributed by atoms with Crippen LogP contribution in [-0.2, 0) is 6.54 Å². The van der Waals surface area contributed by atoms with Crippen molar-refractivity contribution in [2.24, 2.45) is 0 Å². The lowest BCUT2D eigenvalue weighted by Gasteiger charge is -2.08. The van der Waals surface area contributed by atoms with E-state index in [1.165, 1.54) is 0 Å². The Morgan fingerprint density at radius 2 is 1.94 bits per heavy atom. The number of anilines is 2. The molecule has 84 valence electrons. The predicted octanol–water partition coefficient (Wildman–Crippen LogP) is 2.86. The van der Waals surface area contributed by atoms with Gasteiger partial charge in [0.05, 0.1) is 0 Å². The van der Waals surface area contributed by atoms with Crippen LogP contribution in [-0.4, -0.2) is 0 Å². The van der Waals surface area contributed by atoms with Crippen LogP contribution in [0.5, 0.6) is 0 Å². The van der Waals surface area contributed by atoms with Gasteiger partial charge in [-0.15, -0.1) is 6.42 Å². The minimum absolute atomic E-state index is 0.695. The van der Waals surface area contributed by atoms with Gasteiger partial charge in [-0.3, -0.25) is 0 Å². The molecule has 0 amide bonds. The summed E-state index contributed by atoms with van der Waals surface area (Å²) in [6, 6.07) is 15.6. The second kappa shape index (κ2) is 5.09. The highest BCUT2D eigenvalue weighted by molar-refractivity contribution is 5.53. The standard InChI is InChI=1S/C15H14N2/c1-2-12-6-5-8-14(10-12)17-11-13-7-3-4-9-15(13)16/h1,3-10,17H,11,16H2. The zero-order valence-electron chi connectivity index (χ0n) is 9.48. The molecule has 0 bridgehead atoms. The Morgan fingerprint density at radius 1 is 1.12 bits per heavy atom. The predicted molar refractivity (Wildman–Crippen MR) is 72.6 cm³/mol. The second-order valence-corrected chi connectivity index (χ2v) is 3.78. The zero-order chi connectivity index (χ0) is 12.1. The van der Waals surface area contributed by atoms with Crippen LogP contribution >= 0.6 is 0 Å². The van der Waals surface area contributed by atoms with Crippen LogP contribution in [0.3, 0.4) is 0 Å². The number of nitrogens with one attached hydrogen (secondary N) is 1. The summed E-state index contributed by atoms with van der Waals surface area (Å²) in [5.41, 5.74) is 9.62. The van der Waals surface area contributed by atoms with Crippen LogP contribution in [0.4, 0.5) is 11.4 Å². The molecule has 0 saturated heterocycles. The first-order valence-electron chi connectivity index (χ1n) is 5.43. The lowest BCUT2D eigenvalue weighted by Crippen LogP contribution is -2.02. The molecule has 0 atom stereocenters. The van der Waals surface area contributed by atoms with Gasteiger partial charge in [-0.1, -0.05) is 30.2 Å². The largest absolute Gasteiger partial charge is 0.398 e. The first-order chi connectivity index (χ1) is 8.29. The second-order valence-electron chi connectivity index (χ2n) is 3.78. The Morgan fingerprint density at radius 3 is 2.71 bits per heavy atom. The Bertz CT molecular complexity index is 553. The fourth-order valence-electron chi connectivity index (χ4n) is 1.61. The third-order valence-corrected chi connectivity index (χ3v) is 2.57. The molecule has 17 heavy (non-hydrogen) atoms. The Hall–Kier alpha value is -2.40. The number of hydrogen-bond acceptors (Lipinski definition) is 2. The summed E-state index contributed by atoms with van der Waals surface area (Å²) >= 11 is 0. The summed E-state index contributed by atoms with van der Waals surface area (Å²) in [5, 5.41) is 3.30. The van der Waals surface area contributed by atoms with Gasteiger partial charge in [0.1, 0.15) is 0 Å². The van der Waals surface area contributed by atoms with E-state index < -0.39 is 0 Å². The molecule has 0 fully saturated rings. The van der Waals surface area contributed by atoms with Crippen molar-refractivity contribution in [3.63, 3.8) is 0 Å². The maximum absolute atomic E-state index is 5.87. The first kappa shape index (κ1) is 11.1. The van der Waals surface area contributed by atoms with Gasteiger partial charge < -0.3 is 11.1 Å². The van der Waals surface area contributed by atoms with Crippen LogP contribution in [0.1, 0.15) is 11.1 Å². The van der Waals surface area contributed by atoms with Crippen molar-refractivity contribution < 1.29 is 0 Å². The Balaban J connectivity index is 2.08. The quantitative estimate of drug-likeness (QED) is 0.619. The molecule has 2 aromatic rings. The lowest BCUT2D eigenvalue weighted by molar-refractivity contribution is 1.15. The number of benzene rings is 2. The smallest absolute Gasteiger partial charge is 0.0421 e. The normalized spacial score (nSPS) is 9.59. The number of nitrogen functional groups attached to an aromatic ring is 1. The van der Waals surface area contributed by atoms with Crippen LogP contribution < -0.4 is 11.1 Å². The van der Waals surface area contributed by atoms with Crippen molar-refractivity contribution in [3.05, 3.63) is 59.7 Å². The van der Waals surface area contributed by atoms with E-state index in [2.05, 4.69) is 11.2 Å². The SMILES string of the molecule is C#Cc1cccc(NCc2ccccc2N)c1. The highest BCUT2D eigenvalue weighted by atomic mass is 14.9. The molecule has 0 aliphatic carbocycles. The molecule has 0 heterocycles. The highest BCUT2D eigenvalue weighted by Gasteiger charge is 1.98. The van der Waals surface area contributed by atoms with Crippen LogP contribution in [0.2, 0.25) is 0 Å². The van der Waals surface area contributed by atoms with Crippen molar-refractivity contribution in [2.45, 2.75) is 6.54 Å². The van der Waals surface area contributed by atoms with Crippen LogP contribution in [0, 0.1) is 12.3 Å². The number of nitrogens with two attached hydrogens (primary N) is 1. The van der Waals surface area contributed by atoms with Gasteiger partial charge in [-0.25, -0.2) is 0 Å². The van der Waals surface area contributed by atoms with Gasteiger partial charge in [-0.2, -0.15) is 0 Å². The van der Waals surface area contributed by atoms with Crippen molar-refractivity contribution in [1.29, 1.82) is 0 Å². The number of terminal acetylenes is 1. The molecule has 0 saturated carbocycles. The average Bonchev–Trinajstić information content (AvgIpc) is 2.38. The lowest BCUT2D eigenvalue weighted by atomic mass is 10.1. The molecule has 2 aromatic carbocycles. The fraction of sp³-hybridized carbons (Fsp3) is 0.0667. The summed E-state index contributed by atoms with van der Waals surface area (Å²) < 4.78 is 0. The first-order valence-corrected chi connectivity index (χ1v) is 5.43. The van der Waals surface area contributed by atoms with E-state index in [9.17, 15) is 0 Å². The maximum atomic E-state index is 5.87. The summed E-state index contributed by atoms with van der Waals surface area (Å²) in [7, 11) is 0. The average molecular weight is 222 g/mol. The summed E-state index contributed by atoms with van der Waals surface area (Å²) in [5.74, 6) is 2.61. The van der Waals surface area contributed by atoms with Gasteiger partial charge in [0.2, 0.25) is 0 Å². The molecule has 2 rings (SSSR count).